The second-order valence-corrected chi connectivity index (χ2v) is 10.8. The molecule has 0 heterocycles. The van der Waals surface area contributed by atoms with Gasteiger partial charge in [-0.1, -0.05) is 66.7 Å². The summed E-state index contributed by atoms with van der Waals surface area (Å²) in [5.41, 5.74) is 2.75. The van der Waals surface area contributed by atoms with Gasteiger partial charge < -0.3 is 5.11 Å². The van der Waals surface area contributed by atoms with Crippen LogP contribution < -0.4 is 21.3 Å². The summed E-state index contributed by atoms with van der Waals surface area (Å²) in [6, 6.07) is 37.9. The first kappa shape index (κ1) is 21.5. The number of phenols is 1. The number of hydrogen-bond acceptors (Lipinski definition) is 3. The molecule has 0 aliphatic carbocycles. The molecule has 0 unspecified atom stereocenters. The van der Waals surface area contributed by atoms with Crippen LogP contribution in [0.5, 0.6) is 5.75 Å². The van der Waals surface area contributed by atoms with Crippen LogP contribution >= 0.6 is 7.26 Å². The number of para-hydroxylation sites is 1. The van der Waals surface area contributed by atoms with Crippen molar-refractivity contribution in [1.82, 2.24) is 5.43 Å². The lowest BCUT2D eigenvalue weighted by Gasteiger charge is -2.26. The van der Waals surface area contributed by atoms with Crippen LogP contribution in [-0.2, 0) is 0 Å². The molecule has 0 aliphatic heterocycles. The second-order valence-electron chi connectivity index (χ2n) is 7.27. The first-order valence-corrected chi connectivity index (χ1v) is 12.3. The van der Waals surface area contributed by atoms with Crippen LogP contribution in [0.2, 0.25) is 0 Å². The Kier molecular flexibility index (Phi) is 6.74. The van der Waals surface area contributed by atoms with E-state index in [9.17, 15) is 9.90 Å². The highest BCUT2D eigenvalue weighted by Gasteiger charge is 2.44. The van der Waals surface area contributed by atoms with Crippen LogP contribution in [0.1, 0.15) is 10.4 Å². The van der Waals surface area contributed by atoms with Crippen molar-refractivity contribution in [3.8, 4) is 5.75 Å². The first-order chi connectivity index (χ1) is 15.7. The number of hydrazone groups is 1. The average molecular weight is 439 g/mol. The minimum Gasteiger partial charge on any atom is -0.507 e. The maximum Gasteiger partial charge on any atom is 0.275 e. The minimum absolute atomic E-state index is 0.0695. The summed E-state index contributed by atoms with van der Waals surface area (Å²) in [4.78, 5) is 12.4. The SMILES string of the molecule is O=C(N/N=C/C[P+](c1ccccc1)(c1ccccc1)c1ccccc1)c1ccccc1O. The molecule has 4 rings (SSSR count). The molecule has 0 spiro atoms. The zero-order valence-corrected chi connectivity index (χ0v) is 18.4. The van der Waals surface area contributed by atoms with Crippen molar-refractivity contribution in [2.24, 2.45) is 5.10 Å². The van der Waals surface area contributed by atoms with Crippen LogP contribution in [0.15, 0.2) is 120 Å². The van der Waals surface area contributed by atoms with Crippen molar-refractivity contribution < 1.29 is 9.90 Å². The van der Waals surface area contributed by atoms with Crippen LogP contribution in [0, 0.1) is 0 Å². The molecule has 0 fully saturated rings. The highest BCUT2D eigenvalue weighted by atomic mass is 31.2. The van der Waals surface area contributed by atoms with Gasteiger partial charge in [0.1, 0.15) is 35.1 Å². The predicted molar refractivity (Wildman–Crippen MR) is 134 cm³/mol. The Morgan fingerprint density at radius 3 is 1.62 bits per heavy atom. The fourth-order valence-electron chi connectivity index (χ4n) is 3.80. The van der Waals surface area contributed by atoms with Crippen LogP contribution in [0.25, 0.3) is 0 Å². The Labute approximate surface area is 188 Å². The topological polar surface area (TPSA) is 61.7 Å². The zero-order valence-electron chi connectivity index (χ0n) is 17.5. The number of nitrogens with zero attached hydrogens (tertiary/aromatic N) is 1. The van der Waals surface area contributed by atoms with E-state index in [1.807, 2.05) is 18.2 Å². The molecule has 0 bridgehead atoms. The normalized spacial score (nSPS) is 11.4. The molecule has 0 saturated heterocycles. The van der Waals surface area contributed by atoms with E-state index in [2.05, 4.69) is 83.3 Å². The lowest BCUT2D eigenvalue weighted by molar-refractivity contribution is 0.0952. The molecule has 0 aromatic heterocycles. The van der Waals surface area contributed by atoms with E-state index in [-0.39, 0.29) is 11.3 Å². The Balaban J connectivity index is 1.71. The van der Waals surface area contributed by atoms with Crippen LogP contribution in [-0.4, -0.2) is 23.4 Å². The minimum atomic E-state index is -2.04. The Morgan fingerprint density at radius 1 is 0.719 bits per heavy atom. The molecule has 4 aromatic rings. The lowest BCUT2D eigenvalue weighted by atomic mass is 10.2. The molecule has 32 heavy (non-hydrogen) atoms. The van der Waals surface area contributed by atoms with E-state index in [1.54, 1.807) is 24.4 Å². The van der Waals surface area contributed by atoms with E-state index in [4.69, 9.17) is 0 Å². The van der Waals surface area contributed by atoms with Crippen LogP contribution in [0.3, 0.4) is 0 Å². The number of nitrogens with one attached hydrogen (secondary N) is 1. The van der Waals surface area contributed by atoms with Crippen LogP contribution in [0.4, 0.5) is 0 Å². The summed E-state index contributed by atoms with van der Waals surface area (Å²) in [6.45, 7) is 0. The monoisotopic (exact) mass is 439 g/mol. The fourth-order valence-corrected chi connectivity index (χ4v) is 7.70. The molecule has 0 radical (unpaired) electrons. The molecule has 0 aliphatic rings. The maximum atomic E-state index is 12.4. The highest BCUT2D eigenvalue weighted by Crippen LogP contribution is 2.54. The van der Waals surface area contributed by atoms with Crippen molar-refractivity contribution >= 4 is 35.3 Å². The summed E-state index contributed by atoms with van der Waals surface area (Å²) < 4.78 is 0. The van der Waals surface area contributed by atoms with Gasteiger partial charge in [-0.15, -0.1) is 0 Å². The first-order valence-electron chi connectivity index (χ1n) is 10.4. The summed E-state index contributed by atoms with van der Waals surface area (Å²) in [5.74, 6) is -0.512. The van der Waals surface area contributed by atoms with Gasteiger partial charge in [0.05, 0.1) is 11.8 Å². The van der Waals surface area contributed by atoms with E-state index < -0.39 is 13.2 Å². The molecule has 5 heteroatoms. The summed E-state index contributed by atoms with van der Waals surface area (Å²) in [7, 11) is -2.04. The number of hydrogen-bond donors (Lipinski definition) is 2. The van der Waals surface area contributed by atoms with Gasteiger partial charge >= 0.3 is 0 Å². The van der Waals surface area contributed by atoms with Gasteiger partial charge in [-0.25, -0.2) is 5.43 Å². The third-order valence-electron chi connectivity index (χ3n) is 5.35. The lowest BCUT2D eigenvalue weighted by Crippen LogP contribution is -2.34. The van der Waals surface area contributed by atoms with E-state index in [0.29, 0.717) is 6.16 Å². The molecule has 0 saturated carbocycles. The number of amides is 1. The van der Waals surface area contributed by atoms with Gasteiger partial charge in [0.25, 0.3) is 5.91 Å². The molecule has 158 valence electrons. The highest BCUT2D eigenvalue weighted by molar-refractivity contribution is 7.96. The molecule has 1 amide bonds. The number of carbonyl (C=O) groups is 1. The van der Waals surface area contributed by atoms with Crippen molar-refractivity contribution in [3.63, 3.8) is 0 Å². The molecule has 4 aromatic carbocycles. The number of aromatic hydroxyl groups is 1. The molecular weight excluding hydrogens is 415 g/mol. The van der Waals surface area contributed by atoms with Crippen molar-refractivity contribution in [3.05, 3.63) is 121 Å². The van der Waals surface area contributed by atoms with Crippen molar-refractivity contribution in [2.75, 3.05) is 6.16 Å². The number of carbonyl (C=O) groups excluding carboxylic acids is 1. The summed E-state index contributed by atoms with van der Waals surface area (Å²) >= 11 is 0. The molecule has 2 N–H and O–H groups in total. The largest absolute Gasteiger partial charge is 0.507 e. The fraction of sp³-hybridized carbons (Fsp3) is 0.0370. The summed E-state index contributed by atoms with van der Waals surface area (Å²) in [5, 5.41) is 17.9. The maximum absolute atomic E-state index is 12.4. The van der Waals surface area contributed by atoms with Crippen molar-refractivity contribution in [2.45, 2.75) is 0 Å². The third kappa shape index (κ3) is 4.46. The molecular formula is C27H24N2O2P+. The van der Waals surface area contributed by atoms with E-state index in [1.165, 1.54) is 22.0 Å². The van der Waals surface area contributed by atoms with Gasteiger partial charge in [-0.05, 0) is 48.5 Å². The van der Waals surface area contributed by atoms with Gasteiger partial charge in [0.15, 0.2) is 0 Å². The Bertz CT molecular complexity index is 1100. The molecule has 0 atom stereocenters. The van der Waals surface area contributed by atoms with Gasteiger partial charge in [0, 0.05) is 0 Å². The van der Waals surface area contributed by atoms with Gasteiger partial charge in [-0.2, -0.15) is 5.10 Å². The van der Waals surface area contributed by atoms with Crippen molar-refractivity contribution in [1.29, 1.82) is 0 Å². The second kappa shape index (κ2) is 10.0. The standard InChI is InChI=1S/C27H23N2O2P/c30-26-19-11-10-18-25(26)27(31)29-28-20-21-32(22-12-4-1-5-13-22,23-14-6-2-7-15-23)24-16-8-3-9-17-24/h1-20H,21H2,(H-,29,30,31)/p+1/b28-20+. The number of phenolic OH excluding ortho intramolecular Hbond substituents is 1. The molecule has 4 nitrogen and oxygen atoms in total. The van der Waals surface area contributed by atoms with Gasteiger partial charge in [0.2, 0.25) is 0 Å². The predicted octanol–water partition coefficient (Wildman–Crippen LogP) is 4.10. The third-order valence-corrected chi connectivity index (χ3v) is 9.60. The Hall–Kier alpha value is -3.75. The average Bonchev–Trinajstić information content (AvgIpc) is 2.86. The quantitative estimate of drug-likeness (QED) is 0.259. The van der Waals surface area contributed by atoms with Gasteiger partial charge in [-0.3, -0.25) is 4.79 Å². The number of benzene rings is 4. The smallest absolute Gasteiger partial charge is 0.275 e. The van der Waals surface area contributed by atoms with E-state index in [0.717, 1.165) is 0 Å². The Morgan fingerprint density at radius 2 is 1.16 bits per heavy atom. The number of rotatable bonds is 7. The van der Waals surface area contributed by atoms with E-state index >= 15 is 0 Å². The summed E-state index contributed by atoms with van der Waals surface area (Å²) in [6.07, 6.45) is 2.42. The zero-order chi connectivity index (χ0) is 22.2.